The van der Waals surface area contributed by atoms with Crippen LogP contribution in [0.5, 0.6) is 5.75 Å². The average Bonchev–Trinajstić information content (AvgIpc) is 2.55. The molecule has 1 nitrogen and oxygen atoms in total. The third-order valence-electron chi connectivity index (χ3n) is 5.11. The zero-order chi connectivity index (χ0) is 17.4. The number of benzene rings is 3. The quantitative estimate of drug-likeness (QED) is 0.591. The number of phenols is 1. The van der Waals surface area contributed by atoms with Crippen molar-refractivity contribution in [2.75, 3.05) is 0 Å². The fraction of sp³-hybridized carbons (Fsp3) is 0.217. The topological polar surface area (TPSA) is 20.2 Å². The molecule has 0 spiro atoms. The van der Waals surface area contributed by atoms with E-state index in [2.05, 4.69) is 58.9 Å². The van der Waals surface area contributed by atoms with Gasteiger partial charge in [-0.3, -0.25) is 0 Å². The number of phenolic OH excluding ortho intramolecular Hbond substituents is 1. The van der Waals surface area contributed by atoms with Gasteiger partial charge in [-0.2, -0.15) is 0 Å². The van der Waals surface area contributed by atoms with Crippen LogP contribution >= 0.6 is 0 Å². The number of hydrogen-bond acceptors (Lipinski definition) is 1. The van der Waals surface area contributed by atoms with Gasteiger partial charge in [0.1, 0.15) is 5.75 Å². The minimum atomic E-state index is 0.300. The van der Waals surface area contributed by atoms with E-state index < -0.39 is 0 Å². The lowest BCUT2D eigenvalue weighted by Crippen LogP contribution is -1.93. The monoisotopic (exact) mass is 316 g/mol. The zero-order valence-electron chi connectivity index (χ0n) is 15.1. The molecule has 1 heteroatoms. The summed E-state index contributed by atoms with van der Waals surface area (Å²) in [4.78, 5) is 0. The molecule has 0 aromatic heterocycles. The Morgan fingerprint density at radius 3 is 1.54 bits per heavy atom. The third-order valence-corrected chi connectivity index (χ3v) is 5.11. The lowest BCUT2D eigenvalue weighted by Gasteiger charge is -2.15. The van der Waals surface area contributed by atoms with E-state index >= 15 is 0 Å². The third kappa shape index (κ3) is 2.94. The van der Waals surface area contributed by atoms with Gasteiger partial charge in [-0.25, -0.2) is 0 Å². The second-order valence-corrected chi connectivity index (χ2v) is 6.75. The predicted octanol–water partition coefficient (Wildman–Crippen LogP) is 6.27. The summed E-state index contributed by atoms with van der Waals surface area (Å²) >= 11 is 0. The van der Waals surface area contributed by atoms with Crippen molar-refractivity contribution in [2.45, 2.75) is 34.6 Å². The van der Waals surface area contributed by atoms with Crippen LogP contribution in [0.2, 0.25) is 0 Å². The van der Waals surface area contributed by atoms with E-state index in [4.69, 9.17) is 0 Å². The molecular formula is C23H24O. The van der Waals surface area contributed by atoms with E-state index in [-0.39, 0.29) is 0 Å². The highest BCUT2D eigenvalue weighted by molar-refractivity contribution is 5.77. The molecule has 122 valence electrons. The Morgan fingerprint density at radius 1 is 0.542 bits per heavy atom. The van der Waals surface area contributed by atoms with Gasteiger partial charge in [-0.15, -0.1) is 0 Å². The largest absolute Gasteiger partial charge is 0.508 e. The van der Waals surface area contributed by atoms with E-state index in [0.717, 1.165) is 5.56 Å². The fourth-order valence-corrected chi connectivity index (χ4v) is 3.17. The van der Waals surface area contributed by atoms with Crippen molar-refractivity contribution in [1.82, 2.24) is 0 Å². The Hall–Kier alpha value is -2.54. The Morgan fingerprint density at radius 2 is 1.00 bits per heavy atom. The summed E-state index contributed by atoms with van der Waals surface area (Å²) in [6.45, 7) is 10.8. The van der Waals surface area contributed by atoms with Crippen LogP contribution in [-0.2, 0) is 0 Å². The summed E-state index contributed by atoms with van der Waals surface area (Å²) < 4.78 is 0. The minimum absolute atomic E-state index is 0.300. The van der Waals surface area contributed by atoms with Gasteiger partial charge < -0.3 is 5.11 Å². The molecule has 3 aromatic rings. The van der Waals surface area contributed by atoms with E-state index in [1.54, 1.807) is 12.1 Å². The highest BCUT2D eigenvalue weighted by Gasteiger charge is 2.10. The van der Waals surface area contributed by atoms with Gasteiger partial charge in [0.15, 0.2) is 0 Å². The van der Waals surface area contributed by atoms with Crippen LogP contribution in [0.25, 0.3) is 22.3 Å². The normalized spacial score (nSPS) is 10.9. The van der Waals surface area contributed by atoms with Crippen LogP contribution in [-0.4, -0.2) is 5.11 Å². The summed E-state index contributed by atoms with van der Waals surface area (Å²) in [6, 6.07) is 16.5. The van der Waals surface area contributed by atoms with Crippen molar-refractivity contribution in [3.05, 3.63) is 76.3 Å². The Balaban J connectivity index is 2.19. The van der Waals surface area contributed by atoms with E-state index in [0.29, 0.717) is 5.75 Å². The molecule has 0 fully saturated rings. The zero-order valence-corrected chi connectivity index (χ0v) is 15.1. The summed E-state index contributed by atoms with van der Waals surface area (Å²) in [6.07, 6.45) is 0. The molecule has 24 heavy (non-hydrogen) atoms. The van der Waals surface area contributed by atoms with Crippen molar-refractivity contribution in [3.8, 4) is 28.0 Å². The van der Waals surface area contributed by atoms with Crippen LogP contribution in [0.15, 0.2) is 48.5 Å². The average molecular weight is 316 g/mol. The maximum absolute atomic E-state index is 9.55. The molecule has 0 heterocycles. The van der Waals surface area contributed by atoms with Crippen molar-refractivity contribution in [1.29, 1.82) is 0 Å². The Bertz CT molecular complexity index is 879. The second-order valence-electron chi connectivity index (χ2n) is 6.75. The van der Waals surface area contributed by atoms with E-state index in [1.165, 1.54) is 44.5 Å². The molecule has 0 aliphatic heterocycles. The molecule has 1 N–H and O–H groups in total. The van der Waals surface area contributed by atoms with Gasteiger partial charge >= 0.3 is 0 Å². The van der Waals surface area contributed by atoms with Crippen LogP contribution in [0.3, 0.4) is 0 Å². The maximum atomic E-state index is 9.55. The first kappa shape index (κ1) is 16.3. The number of hydrogen-bond donors (Lipinski definition) is 1. The van der Waals surface area contributed by atoms with Crippen molar-refractivity contribution < 1.29 is 5.11 Å². The van der Waals surface area contributed by atoms with E-state index in [1.807, 2.05) is 12.1 Å². The van der Waals surface area contributed by atoms with Crippen molar-refractivity contribution in [2.24, 2.45) is 0 Å². The molecule has 0 aliphatic carbocycles. The number of rotatable bonds is 2. The first-order valence-corrected chi connectivity index (χ1v) is 8.35. The maximum Gasteiger partial charge on any atom is 0.115 e. The minimum Gasteiger partial charge on any atom is -0.508 e. The summed E-state index contributed by atoms with van der Waals surface area (Å²) in [7, 11) is 0. The van der Waals surface area contributed by atoms with Crippen LogP contribution in [0.1, 0.15) is 27.8 Å². The molecule has 0 aliphatic rings. The Labute approximate surface area is 144 Å². The molecule has 0 saturated heterocycles. The first-order valence-electron chi connectivity index (χ1n) is 8.35. The van der Waals surface area contributed by atoms with Gasteiger partial charge in [0, 0.05) is 0 Å². The lowest BCUT2D eigenvalue weighted by molar-refractivity contribution is 0.475. The first-order chi connectivity index (χ1) is 11.4. The van der Waals surface area contributed by atoms with Crippen LogP contribution < -0.4 is 0 Å². The summed E-state index contributed by atoms with van der Waals surface area (Å²) in [5.74, 6) is 0.300. The second kappa shape index (κ2) is 6.16. The molecule has 0 bridgehead atoms. The summed E-state index contributed by atoms with van der Waals surface area (Å²) in [5.41, 5.74) is 11.4. The standard InChI is InChI=1S/C23H24O/c1-14-10-20(11-15(2)17(14)4)21-12-16(3)18(5)23(13-21)19-6-8-22(24)9-7-19/h6-13,24H,1-5H3. The van der Waals surface area contributed by atoms with Crippen molar-refractivity contribution in [3.63, 3.8) is 0 Å². The molecule has 3 rings (SSSR count). The fourth-order valence-electron chi connectivity index (χ4n) is 3.17. The van der Waals surface area contributed by atoms with Crippen molar-refractivity contribution >= 4 is 0 Å². The van der Waals surface area contributed by atoms with Gasteiger partial charge in [-0.1, -0.05) is 30.3 Å². The van der Waals surface area contributed by atoms with Gasteiger partial charge in [0.05, 0.1) is 0 Å². The molecule has 0 saturated carbocycles. The molecular weight excluding hydrogens is 292 g/mol. The number of aromatic hydroxyl groups is 1. The highest BCUT2D eigenvalue weighted by Crippen LogP contribution is 2.33. The molecule has 3 aromatic carbocycles. The lowest BCUT2D eigenvalue weighted by atomic mass is 9.90. The Kier molecular flexibility index (Phi) is 4.19. The van der Waals surface area contributed by atoms with Gasteiger partial charge in [-0.05, 0) is 103 Å². The predicted molar refractivity (Wildman–Crippen MR) is 103 cm³/mol. The van der Waals surface area contributed by atoms with Gasteiger partial charge in [0.2, 0.25) is 0 Å². The molecule has 0 unspecified atom stereocenters. The number of aryl methyl sites for hydroxylation is 3. The smallest absolute Gasteiger partial charge is 0.115 e. The molecule has 0 radical (unpaired) electrons. The van der Waals surface area contributed by atoms with Crippen LogP contribution in [0.4, 0.5) is 0 Å². The van der Waals surface area contributed by atoms with Gasteiger partial charge in [0.25, 0.3) is 0 Å². The van der Waals surface area contributed by atoms with Crippen LogP contribution in [0, 0.1) is 34.6 Å². The van der Waals surface area contributed by atoms with E-state index in [9.17, 15) is 5.11 Å². The molecule has 0 atom stereocenters. The highest BCUT2D eigenvalue weighted by atomic mass is 16.3. The summed E-state index contributed by atoms with van der Waals surface area (Å²) in [5, 5.41) is 9.55. The molecule has 0 amide bonds. The SMILES string of the molecule is Cc1cc(-c2cc(C)c(C)c(-c3ccc(O)cc3)c2)cc(C)c1C.